The molecule has 9 heteroatoms. The number of ether oxygens (including phenoxy) is 1. The molecule has 0 spiro atoms. The Hall–Kier alpha value is -4.01. The van der Waals surface area contributed by atoms with Crippen molar-refractivity contribution >= 4 is 5.69 Å². The van der Waals surface area contributed by atoms with Gasteiger partial charge >= 0.3 is 0 Å². The van der Waals surface area contributed by atoms with Gasteiger partial charge in [0.2, 0.25) is 0 Å². The SMILES string of the molecule is COc1ccc(-c2cc(CCc3cnnn3-c3ccc([N+](=O)[O-])cc3)on2)cc1. The molecule has 146 valence electrons. The molecule has 0 bridgehead atoms. The Morgan fingerprint density at radius 3 is 2.55 bits per heavy atom. The van der Waals surface area contributed by atoms with E-state index in [9.17, 15) is 10.1 Å². The number of non-ortho nitro benzene ring substituents is 1. The number of rotatable bonds is 7. The zero-order valence-electron chi connectivity index (χ0n) is 15.6. The van der Waals surface area contributed by atoms with Crippen LogP contribution in [0.25, 0.3) is 16.9 Å². The van der Waals surface area contributed by atoms with E-state index in [0.29, 0.717) is 18.5 Å². The highest BCUT2D eigenvalue weighted by atomic mass is 16.6. The van der Waals surface area contributed by atoms with Crippen molar-refractivity contribution in [1.82, 2.24) is 20.2 Å². The van der Waals surface area contributed by atoms with Crippen molar-refractivity contribution in [2.45, 2.75) is 12.8 Å². The quantitative estimate of drug-likeness (QED) is 0.349. The molecule has 0 amide bonds. The fourth-order valence-electron chi connectivity index (χ4n) is 2.94. The van der Waals surface area contributed by atoms with Crippen molar-refractivity contribution in [2.24, 2.45) is 0 Å². The maximum Gasteiger partial charge on any atom is 0.269 e. The molecule has 4 aromatic rings. The van der Waals surface area contributed by atoms with E-state index in [-0.39, 0.29) is 5.69 Å². The highest BCUT2D eigenvalue weighted by Crippen LogP contribution is 2.23. The van der Waals surface area contributed by atoms with Gasteiger partial charge in [-0.15, -0.1) is 5.10 Å². The summed E-state index contributed by atoms with van der Waals surface area (Å²) < 4.78 is 12.3. The van der Waals surface area contributed by atoms with Crippen LogP contribution in [0.2, 0.25) is 0 Å². The summed E-state index contributed by atoms with van der Waals surface area (Å²) in [5.74, 6) is 1.52. The minimum atomic E-state index is -0.434. The summed E-state index contributed by atoms with van der Waals surface area (Å²) in [5, 5.41) is 23.0. The van der Waals surface area contributed by atoms with E-state index in [1.807, 2.05) is 30.3 Å². The van der Waals surface area contributed by atoms with Gasteiger partial charge in [0.25, 0.3) is 5.69 Å². The molecular formula is C20H17N5O4. The largest absolute Gasteiger partial charge is 0.497 e. The molecule has 0 saturated heterocycles. The second kappa shape index (κ2) is 7.93. The summed E-state index contributed by atoms with van der Waals surface area (Å²) >= 11 is 0. The van der Waals surface area contributed by atoms with Gasteiger partial charge in [0.15, 0.2) is 0 Å². The number of hydrogen-bond acceptors (Lipinski definition) is 7. The van der Waals surface area contributed by atoms with E-state index in [4.69, 9.17) is 9.26 Å². The fraction of sp³-hybridized carbons (Fsp3) is 0.150. The van der Waals surface area contributed by atoms with Gasteiger partial charge in [0.1, 0.15) is 17.2 Å². The molecule has 4 rings (SSSR count). The summed E-state index contributed by atoms with van der Waals surface area (Å²) in [4.78, 5) is 10.4. The molecule has 2 aromatic carbocycles. The van der Waals surface area contributed by atoms with Crippen LogP contribution < -0.4 is 4.74 Å². The standard InChI is InChI=1S/C20H17N5O4/c1-28-18-9-2-14(3-10-18)20-12-19(29-22-20)11-8-17-13-21-23-24(17)15-4-6-16(7-5-15)25(26)27/h2-7,9-10,12-13H,8,11H2,1H3. The van der Waals surface area contributed by atoms with Crippen LogP contribution in [-0.2, 0) is 12.8 Å². The molecule has 9 nitrogen and oxygen atoms in total. The lowest BCUT2D eigenvalue weighted by Crippen LogP contribution is -2.03. The zero-order chi connectivity index (χ0) is 20.2. The lowest BCUT2D eigenvalue weighted by Gasteiger charge is -2.05. The Balaban J connectivity index is 1.46. The van der Waals surface area contributed by atoms with Gasteiger partial charge in [-0.3, -0.25) is 10.1 Å². The first-order valence-electron chi connectivity index (χ1n) is 8.88. The van der Waals surface area contributed by atoms with Crippen LogP contribution in [0.4, 0.5) is 5.69 Å². The summed E-state index contributed by atoms with van der Waals surface area (Å²) in [6.45, 7) is 0. The molecule has 0 aliphatic heterocycles. The molecule has 0 atom stereocenters. The lowest BCUT2D eigenvalue weighted by molar-refractivity contribution is -0.384. The average molecular weight is 391 g/mol. The van der Waals surface area contributed by atoms with Crippen LogP contribution in [0, 0.1) is 10.1 Å². The third-order valence-electron chi connectivity index (χ3n) is 4.50. The Morgan fingerprint density at radius 1 is 1.10 bits per heavy atom. The summed E-state index contributed by atoms with van der Waals surface area (Å²) in [7, 11) is 1.62. The smallest absolute Gasteiger partial charge is 0.269 e. The highest BCUT2D eigenvalue weighted by molar-refractivity contribution is 5.59. The topological polar surface area (TPSA) is 109 Å². The second-order valence-corrected chi connectivity index (χ2v) is 6.32. The van der Waals surface area contributed by atoms with Crippen LogP contribution in [0.3, 0.4) is 0 Å². The first-order valence-corrected chi connectivity index (χ1v) is 8.88. The molecule has 0 N–H and O–H groups in total. The van der Waals surface area contributed by atoms with Crippen molar-refractivity contribution < 1.29 is 14.2 Å². The summed E-state index contributed by atoms with van der Waals surface area (Å²) in [6.07, 6.45) is 2.91. The van der Waals surface area contributed by atoms with E-state index >= 15 is 0 Å². The molecule has 0 aliphatic rings. The fourth-order valence-corrected chi connectivity index (χ4v) is 2.94. The maximum atomic E-state index is 10.8. The van der Waals surface area contributed by atoms with Crippen LogP contribution >= 0.6 is 0 Å². The van der Waals surface area contributed by atoms with Gasteiger partial charge in [-0.2, -0.15) is 0 Å². The average Bonchev–Trinajstić information content (AvgIpc) is 3.42. The second-order valence-electron chi connectivity index (χ2n) is 6.32. The number of nitro benzene ring substituents is 1. The minimum Gasteiger partial charge on any atom is -0.497 e. The number of methoxy groups -OCH3 is 1. The van der Waals surface area contributed by atoms with Crippen molar-refractivity contribution in [3.63, 3.8) is 0 Å². The lowest BCUT2D eigenvalue weighted by atomic mass is 10.1. The Morgan fingerprint density at radius 2 is 1.86 bits per heavy atom. The molecule has 0 saturated carbocycles. The van der Waals surface area contributed by atoms with Crippen molar-refractivity contribution in [3.05, 3.63) is 82.4 Å². The van der Waals surface area contributed by atoms with Crippen LogP contribution in [-0.4, -0.2) is 32.2 Å². The predicted octanol–water partition coefficient (Wildman–Crippen LogP) is 3.62. The number of aromatic nitrogens is 4. The number of nitrogens with zero attached hydrogens (tertiary/aromatic N) is 5. The molecule has 0 radical (unpaired) electrons. The molecule has 2 heterocycles. The Bertz CT molecular complexity index is 1120. The van der Waals surface area contributed by atoms with E-state index < -0.39 is 4.92 Å². The van der Waals surface area contributed by atoms with Crippen molar-refractivity contribution in [3.8, 4) is 22.7 Å². The predicted molar refractivity (Wildman–Crippen MR) is 104 cm³/mol. The zero-order valence-corrected chi connectivity index (χ0v) is 15.6. The molecule has 0 unspecified atom stereocenters. The van der Waals surface area contributed by atoms with Gasteiger partial charge in [0.05, 0.1) is 29.6 Å². The van der Waals surface area contributed by atoms with Gasteiger partial charge in [-0.05, 0) is 42.8 Å². The van der Waals surface area contributed by atoms with Gasteiger partial charge in [-0.25, -0.2) is 4.68 Å². The molecule has 2 aromatic heterocycles. The van der Waals surface area contributed by atoms with Crippen LogP contribution in [0.5, 0.6) is 5.75 Å². The molecule has 0 aliphatic carbocycles. The first kappa shape index (κ1) is 18.4. The highest BCUT2D eigenvalue weighted by Gasteiger charge is 2.12. The number of nitro groups is 1. The first-order chi connectivity index (χ1) is 14.1. The van der Waals surface area contributed by atoms with Gasteiger partial charge < -0.3 is 9.26 Å². The number of hydrogen-bond donors (Lipinski definition) is 0. The molecule has 29 heavy (non-hydrogen) atoms. The van der Waals surface area contributed by atoms with E-state index in [1.54, 1.807) is 30.1 Å². The van der Waals surface area contributed by atoms with Crippen LogP contribution in [0.15, 0.2) is 65.3 Å². The van der Waals surface area contributed by atoms with Gasteiger partial charge in [0, 0.05) is 30.2 Å². The third-order valence-corrected chi connectivity index (χ3v) is 4.50. The Labute approximate surface area is 165 Å². The van der Waals surface area contributed by atoms with Gasteiger partial charge in [-0.1, -0.05) is 10.4 Å². The molecule has 0 fully saturated rings. The summed E-state index contributed by atoms with van der Waals surface area (Å²) in [6, 6.07) is 15.7. The van der Waals surface area contributed by atoms with E-state index in [1.165, 1.54) is 12.1 Å². The maximum absolute atomic E-state index is 10.8. The van der Waals surface area contributed by atoms with E-state index in [0.717, 1.165) is 28.5 Å². The van der Waals surface area contributed by atoms with E-state index in [2.05, 4.69) is 15.5 Å². The van der Waals surface area contributed by atoms with Crippen molar-refractivity contribution in [2.75, 3.05) is 7.11 Å². The minimum absolute atomic E-state index is 0.0307. The third kappa shape index (κ3) is 3.98. The Kier molecular flexibility index (Phi) is 5.02. The normalized spacial score (nSPS) is 10.8. The van der Waals surface area contributed by atoms with Crippen molar-refractivity contribution in [1.29, 1.82) is 0 Å². The molecular weight excluding hydrogens is 374 g/mol. The number of benzene rings is 2. The summed E-state index contributed by atoms with van der Waals surface area (Å²) in [5.41, 5.74) is 3.30. The van der Waals surface area contributed by atoms with Crippen LogP contribution in [0.1, 0.15) is 11.5 Å². The monoisotopic (exact) mass is 391 g/mol. The number of aryl methyl sites for hydroxylation is 2.